The molecule has 22 heavy (non-hydrogen) atoms. The molecule has 1 heterocycles. The number of para-hydroxylation sites is 2. The Labute approximate surface area is 129 Å². The van der Waals surface area contributed by atoms with Crippen LogP contribution in [0.5, 0.6) is 11.5 Å². The van der Waals surface area contributed by atoms with Gasteiger partial charge in [-0.05, 0) is 37.1 Å². The third-order valence-electron chi connectivity index (χ3n) is 3.34. The molecule has 4 nitrogen and oxygen atoms in total. The lowest BCUT2D eigenvalue weighted by molar-refractivity contribution is -0.169. The van der Waals surface area contributed by atoms with E-state index in [9.17, 15) is 4.79 Å². The van der Waals surface area contributed by atoms with Crippen LogP contribution in [0.2, 0.25) is 0 Å². The quantitative estimate of drug-likeness (QED) is 0.798. The fraction of sp³-hybridized carbons (Fsp3) is 0.278. The predicted octanol–water partition coefficient (Wildman–Crippen LogP) is 3.33. The number of carbonyl (C=O) groups is 1. The Balaban J connectivity index is 1.99. The van der Waals surface area contributed by atoms with Gasteiger partial charge in [0.05, 0.1) is 6.10 Å². The summed E-state index contributed by atoms with van der Waals surface area (Å²) < 4.78 is 16.7. The van der Waals surface area contributed by atoms with E-state index in [2.05, 4.69) is 0 Å². The second-order valence-corrected chi connectivity index (χ2v) is 5.45. The molecule has 0 saturated carbocycles. The van der Waals surface area contributed by atoms with Crippen LogP contribution in [-0.4, -0.2) is 18.4 Å². The summed E-state index contributed by atoms with van der Waals surface area (Å²) in [7, 11) is 0. The minimum atomic E-state index is -1.11. The lowest BCUT2D eigenvalue weighted by atomic mass is 10.0. The number of rotatable bonds is 2. The molecule has 4 heteroatoms. The van der Waals surface area contributed by atoms with Gasteiger partial charge in [0.1, 0.15) is 11.5 Å². The van der Waals surface area contributed by atoms with Crippen LogP contribution in [0, 0.1) is 0 Å². The topological polar surface area (TPSA) is 44.8 Å². The molecule has 0 saturated heterocycles. The van der Waals surface area contributed by atoms with Gasteiger partial charge in [-0.3, -0.25) is 0 Å². The van der Waals surface area contributed by atoms with E-state index < -0.39 is 12.3 Å². The van der Waals surface area contributed by atoms with Crippen molar-refractivity contribution in [2.24, 2.45) is 0 Å². The fourth-order valence-corrected chi connectivity index (χ4v) is 2.37. The normalized spacial score (nSPS) is 14.0. The minimum Gasteiger partial charge on any atom is -0.457 e. The average Bonchev–Trinajstić information content (AvgIpc) is 2.46. The first-order chi connectivity index (χ1) is 10.6. The molecule has 2 aromatic rings. The molecule has 0 unspecified atom stereocenters. The van der Waals surface area contributed by atoms with E-state index >= 15 is 0 Å². The molecule has 0 bridgehead atoms. The molecule has 0 radical (unpaired) electrons. The van der Waals surface area contributed by atoms with Crippen LogP contribution in [0.3, 0.4) is 0 Å². The van der Waals surface area contributed by atoms with Crippen molar-refractivity contribution >= 4 is 5.97 Å². The molecule has 3 rings (SSSR count). The zero-order valence-electron chi connectivity index (χ0n) is 12.6. The Morgan fingerprint density at radius 2 is 1.50 bits per heavy atom. The second kappa shape index (κ2) is 6.10. The number of ether oxygens (including phenoxy) is 3. The van der Waals surface area contributed by atoms with Gasteiger partial charge in [-0.1, -0.05) is 36.4 Å². The van der Waals surface area contributed by atoms with E-state index in [0.29, 0.717) is 17.9 Å². The maximum atomic E-state index is 12.2. The molecule has 1 aliphatic heterocycles. The van der Waals surface area contributed by atoms with Crippen LogP contribution >= 0.6 is 0 Å². The number of carbonyl (C=O) groups excluding carboxylic acids is 1. The smallest absolute Gasteiger partial charge is 0.389 e. The van der Waals surface area contributed by atoms with Gasteiger partial charge in [-0.15, -0.1) is 0 Å². The van der Waals surface area contributed by atoms with E-state index in [0.717, 1.165) is 11.1 Å². The first kappa shape index (κ1) is 14.4. The summed E-state index contributed by atoms with van der Waals surface area (Å²) in [6.07, 6.45) is -0.640. The number of fused-ring (bicyclic) bond motifs is 2. The molecule has 0 atom stereocenters. The summed E-state index contributed by atoms with van der Waals surface area (Å²) in [5, 5.41) is 0. The maximum Gasteiger partial charge on any atom is 0.389 e. The predicted molar refractivity (Wildman–Crippen MR) is 82.0 cm³/mol. The van der Waals surface area contributed by atoms with Crippen molar-refractivity contribution in [3.8, 4) is 11.5 Å². The zero-order valence-corrected chi connectivity index (χ0v) is 12.6. The number of esters is 1. The van der Waals surface area contributed by atoms with Crippen molar-refractivity contribution in [3.63, 3.8) is 0 Å². The van der Waals surface area contributed by atoms with Crippen molar-refractivity contribution in [2.75, 3.05) is 0 Å². The van der Waals surface area contributed by atoms with Gasteiger partial charge in [0, 0.05) is 6.42 Å². The van der Waals surface area contributed by atoms with Crippen LogP contribution in [0.15, 0.2) is 48.5 Å². The summed E-state index contributed by atoms with van der Waals surface area (Å²) in [5.41, 5.74) is 2.03. The lowest BCUT2D eigenvalue weighted by Gasteiger charge is -2.25. The molecule has 0 spiro atoms. The fourth-order valence-electron chi connectivity index (χ4n) is 2.37. The summed E-state index contributed by atoms with van der Waals surface area (Å²) in [6.45, 7) is 3.59. The standard InChI is InChI=1S/C18H18O4/c1-12(2)20-17(19)18-21-15-9-5-3-7-13(15)11-14-8-4-6-10-16(14)22-18/h3-10,12,18H,11H2,1-2H3. The minimum absolute atomic E-state index is 0.226. The van der Waals surface area contributed by atoms with Crippen LogP contribution < -0.4 is 9.47 Å². The Morgan fingerprint density at radius 1 is 1.00 bits per heavy atom. The van der Waals surface area contributed by atoms with Crippen LogP contribution in [0.4, 0.5) is 0 Å². The average molecular weight is 298 g/mol. The maximum absolute atomic E-state index is 12.2. The molecular weight excluding hydrogens is 280 g/mol. The van der Waals surface area contributed by atoms with Crippen molar-refractivity contribution in [2.45, 2.75) is 32.7 Å². The van der Waals surface area contributed by atoms with Crippen molar-refractivity contribution in [1.82, 2.24) is 0 Å². The van der Waals surface area contributed by atoms with Gasteiger partial charge >= 0.3 is 12.3 Å². The molecule has 0 aliphatic carbocycles. The monoisotopic (exact) mass is 298 g/mol. The van der Waals surface area contributed by atoms with Crippen LogP contribution in [0.25, 0.3) is 0 Å². The third kappa shape index (κ3) is 3.06. The Bertz CT molecular complexity index is 631. The SMILES string of the molecule is CC(C)OC(=O)C1Oc2ccccc2Cc2ccccc2O1. The largest absolute Gasteiger partial charge is 0.457 e. The number of hydrogen-bond acceptors (Lipinski definition) is 4. The second-order valence-electron chi connectivity index (χ2n) is 5.45. The first-order valence-electron chi connectivity index (χ1n) is 7.33. The van der Waals surface area contributed by atoms with Crippen LogP contribution in [-0.2, 0) is 16.0 Å². The molecule has 114 valence electrons. The first-order valence-corrected chi connectivity index (χ1v) is 7.33. The summed E-state index contributed by atoms with van der Waals surface area (Å²) in [6, 6.07) is 15.3. The molecule has 2 aromatic carbocycles. The van der Waals surface area contributed by atoms with Crippen molar-refractivity contribution < 1.29 is 19.0 Å². The van der Waals surface area contributed by atoms with E-state index in [1.54, 1.807) is 13.8 Å². The van der Waals surface area contributed by atoms with Gasteiger partial charge in [-0.2, -0.15) is 0 Å². The molecular formula is C18H18O4. The highest BCUT2D eigenvalue weighted by molar-refractivity contribution is 5.74. The number of benzene rings is 2. The summed E-state index contributed by atoms with van der Waals surface area (Å²) >= 11 is 0. The van der Waals surface area contributed by atoms with Crippen molar-refractivity contribution in [3.05, 3.63) is 59.7 Å². The van der Waals surface area contributed by atoms with Crippen molar-refractivity contribution in [1.29, 1.82) is 0 Å². The number of hydrogen-bond donors (Lipinski definition) is 0. The van der Waals surface area contributed by atoms with E-state index in [1.807, 2.05) is 48.5 Å². The van der Waals surface area contributed by atoms with Crippen LogP contribution in [0.1, 0.15) is 25.0 Å². The Hall–Kier alpha value is -2.49. The molecule has 0 N–H and O–H groups in total. The molecule has 0 fully saturated rings. The molecule has 0 amide bonds. The highest BCUT2D eigenvalue weighted by Crippen LogP contribution is 2.31. The van der Waals surface area contributed by atoms with Gasteiger partial charge < -0.3 is 14.2 Å². The summed E-state index contributed by atoms with van der Waals surface area (Å²) in [4.78, 5) is 12.2. The highest BCUT2D eigenvalue weighted by atomic mass is 16.7. The van der Waals surface area contributed by atoms with E-state index in [4.69, 9.17) is 14.2 Å². The van der Waals surface area contributed by atoms with Gasteiger partial charge in [0.15, 0.2) is 0 Å². The highest BCUT2D eigenvalue weighted by Gasteiger charge is 2.29. The Morgan fingerprint density at radius 3 is 2.00 bits per heavy atom. The van der Waals surface area contributed by atoms with E-state index in [-0.39, 0.29) is 6.10 Å². The third-order valence-corrected chi connectivity index (χ3v) is 3.34. The van der Waals surface area contributed by atoms with E-state index in [1.165, 1.54) is 0 Å². The lowest BCUT2D eigenvalue weighted by Crippen LogP contribution is -2.37. The Kier molecular flexibility index (Phi) is 4.00. The molecule has 1 aliphatic rings. The zero-order chi connectivity index (χ0) is 15.5. The van der Waals surface area contributed by atoms with Gasteiger partial charge in [0.2, 0.25) is 0 Å². The summed E-state index contributed by atoms with van der Waals surface area (Å²) in [5.74, 6) is 0.756. The van der Waals surface area contributed by atoms with Gasteiger partial charge in [-0.25, -0.2) is 4.79 Å². The van der Waals surface area contributed by atoms with Gasteiger partial charge in [0.25, 0.3) is 0 Å². The molecule has 0 aromatic heterocycles.